The smallest absolute Gasteiger partial charge is 0.407 e. The highest BCUT2D eigenvalue weighted by Gasteiger charge is 2.34. The number of rotatable bonds is 11. The average molecular weight is 563 g/mol. The Morgan fingerprint density at radius 3 is 2.36 bits per heavy atom. The number of nitrogens with zero attached hydrogens (tertiary/aromatic N) is 3. The molecule has 1 aliphatic heterocycles. The molecule has 2 amide bonds. The van der Waals surface area contributed by atoms with Crippen LogP contribution in [0.25, 0.3) is 0 Å². The second-order valence-corrected chi connectivity index (χ2v) is 12.2. The lowest BCUT2D eigenvalue weighted by Crippen LogP contribution is -2.53. The summed E-state index contributed by atoms with van der Waals surface area (Å²) in [6.45, 7) is 4.66. The minimum atomic E-state index is -4.30. The van der Waals surface area contributed by atoms with Crippen LogP contribution < -0.4 is 5.32 Å². The number of carbonyl (C=O) groups excluding carboxylic acids is 2. The van der Waals surface area contributed by atoms with Gasteiger partial charge in [0.15, 0.2) is 0 Å². The first-order chi connectivity index (χ1) is 18.3. The van der Waals surface area contributed by atoms with E-state index in [0.29, 0.717) is 13.0 Å². The number of hydrogen-bond donors (Lipinski definition) is 2. The molecule has 0 spiro atoms. The molecule has 1 fully saturated rings. The Labute approximate surface area is 227 Å². The zero-order chi connectivity index (χ0) is 28.8. The van der Waals surface area contributed by atoms with Crippen molar-refractivity contribution in [2.45, 2.75) is 62.7 Å². The molecule has 1 aliphatic rings. The number of ether oxygens (including phenoxy) is 1. The summed E-state index contributed by atoms with van der Waals surface area (Å²) in [6, 6.07) is 12.5. The molecular formula is C26H34N4O8S. The fraction of sp³-hybridized carbons (Fsp3) is 0.462. The Bertz CT molecular complexity index is 1260. The maximum absolute atomic E-state index is 13.6. The molecule has 0 radical (unpaired) electrons. The van der Waals surface area contributed by atoms with Crippen molar-refractivity contribution < 1.29 is 32.8 Å². The third-order valence-corrected chi connectivity index (χ3v) is 7.85. The van der Waals surface area contributed by atoms with E-state index in [-0.39, 0.29) is 36.0 Å². The van der Waals surface area contributed by atoms with Gasteiger partial charge in [0.2, 0.25) is 15.9 Å². The number of hydrogen-bond acceptors (Lipinski definition) is 8. The summed E-state index contributed by atoms with van der Waals surface area (Å²) < 4.78 is 33.6. The number of benzene rings is 2. The molecule has 12 nitrogen and oxygen atoms in total. The van der Waals surface area contributed by atoms with Crippen molar-refractivity contribution in [3.8, 4) is 0 Å². The van der Waals surface area contributed by atoms with Crippen LogP contribution in [0.1, 0.15) is 39.2 Å². The molecule has 2 aromatic rings. The lowest BCUT2D eigenvalue weighted by atomic mass is 10.0. The minimum Gasteiger partial charge on any atom is -0.444 e. The maximum Gasteiger partial charge on any atom is 0.407 e. The first-order valence-electron chi connectivity index (χ1n) is 12.5. The predicted octanol–water partition coefficient (Wildman–Crippen LogP) is 2.66. The summed E-state index contributed by atoms with van der Waals surface area (Å²) in [7, 11) is -4.30. The van der Waals surface area contributed by atoms with Gasteiger partial charge in [0, 0.05) is 31.6 Å². The van der Waals surface area contributed by atoms with E-state index < -0.39 is 45.3 Å². The quantitative estimate of drug-likeness (QED) is 0.312. The van der Waals surface area contributed by atoms with Crippen LogP contribution in [0.5, 0.6) is 0 Å². The molecule has 0 aromatic heterocycles. The van der Waals surface area contributed by atoms with Gasteiger partial charge in [-0.2, -0.15) is 4.31 Å². The van der Waals surface area contributed by atoms with Crippen LogP contribution in [0.4, 0.5) is 10.5 Å². The minimum absolute atomic E-state index is 0.176. The predicted molar refractivity (Wildman–Crippen MR) is 142 cm³/mol. The second-order valence-electron chi connectivity index (χ2n) is 10.3. The van der Waals surface area contributed by atoms with Crippen LogP contribution in [0.2, 0.25) is 0 Å². The zero-order valence-electron chi connectivity index (χ0n) is 22.1. The third-order valence-electron chi connectivity index (χ3n) is 6.04. The molecular weight excluding hydrogens is 528 g/mol. The van der Waals surface area contributed by atoms with Gasteiger partial charge < -0.3 is 20.1 Å². The standard InChI is InChI=1S/C26H34N4O8S/c1-26(2,3)38-25(33)27-22(16-19-8-5-4-6-9-19)23(31)17-29(18-28-15-7-10-24(28)32)39(36,37)21-13-11-20(12-14-21)30(34)35/h4-6,8-9,11-14,22-23,31H,7,10,15-18H2,1-3H3,(H,27,33)/t22-,23+/m0/s1. The number of nitro benzene ring substituents is 1. The molecule has 1 saturated heterocycles. The summed E-state index contributed by atoms with van der Waals surface area (Å²) in [6.07, 6.45) is -1.14. The second kappa shape index (κ2) is 12.5. The van der Waals surface area contributed by atoms with Crippen LogP contribution in [0.15, 0.2) is 59.5 Å². The number of carbonyl (C=O) groups is 2. The van der Waals surface area contributed by atoms with Gasteiger partial charge in [-0.1, -0.05) is 30.3 Å². The fourth-order valence-corrected chi connectivity index (χ4v) is 5.53. The number of aliphatic hydroxyl groups excluding tert-OH is 1. The molecule has 2 aromatic carbocycles. The highest BCUT2D eigenvalue weighted by atomic mass is 32.2. The Morgan fingerprint density at radius 1 is 1.18 bits per heavy atom. The lowest BCUT2D eigenvalue weighted by molar-refractivity contribution is -0.384. The van der Waals surface area contributed by atoms with Gasteiger partial charge in [0.1, 0.15) is 5.60 Å². The van der Waals surface area contributed by atoms with Gasteiger partial charge in [-0.3, -0.25) is 14.9 Å². The molecule has 1 heterocycles. The monoisotopic (exact) mass is 562 g/mol. The van der Waals surface area contributed by atoms with Crippen molar-refractivity contribution in [1.29, 1.82) is 0 Å². The number of likely N-dealkylation sites (tertiary alicyclic amines) is 1. The molecule has 0 unspecified atom stereocenters. The number of sulfonamides is 1. The van der Waals surface area contributed by atoms with Gasteiger partial charge in [-0.15, -0.1) is 0 Å². The van der Waals surface area contributed by atoms with E-state index in [9.17, 15) is 33.2 Å². The number of nitro groups is 1. The molecule has 3 rings (SSSR count). The molecule has 0 saturated carbocycles. The Balaban J connectivity index is 1.90. The van der Waals surface area contributed by atoms with Crippen LogP contribution in [0, 0.1) is 10.1 Å². The van der Waals surface area contributed by atoms with Crippen LogP contribution in [-0.4, -0.2) is 77.2 Å². The Kier molecular flexibility index (Phi) is 9.64. The van der Waals surface area contributed by atoms with Gasteiger partial charge >= 0.3 is 6.09 Å². The highest BCUT2D eigenvalue weighted by molar-refractivity contribution is 7.89. The van der Waals surface area contributed by atoms with Gasteiger partial charge in [0.25, 0.3) is 5.69 Å². The van der Waals surface area contributed by atoms with E-state index in [2.05, 4.69) is 5.32 Å². The topological polar surface area (TPSA) is 159 Å². The zero-order valence-corrected chi connectivity index (χ0v) is 23.0. The summed E-state index contributed by atoms with van der Waals surface area (Å²) in [5, 5.41) is 25.0. The van der Waals surface area contributed by atoms with Crippen LogP contribution in [-0.2, 0) is 26.0 Å². The number of alkyl carbamates (subject to hydrolysis) is 1. The third kappa shape index (κ3) is 8.47. The largest absolute Gasteiger partial charge is 0.444 e. The van der Waals surface area contributed by atoms with Crippen molar-refractivity contribution in [3.05, 3.63) is 70.3 Å². The molecule has 39 heavy (non-hydrogen) atoms. The van der Waals surface area contributed by atoms with E-state index in [1.807, 2.05) is 18.2 Å². The normalized spacial score (nSPS) is 15.7. The van der Waals surface area contributed by atoms with Gasteiger partial charge in [-0.05, 0) is 51.3 Å². The summed E-state index contributed by atoms with van der Waals surface area (Å²) in [4.78, 5) is 36.5. The van der Waals surface area contributed by atoms with E-state index in [1.54, 1.807) is 32.9 Å². The summed E-state index contributed by atoms with van der Waals surface area (Å²) in [5.74, 6) is -0.221. The first-order valence-corrected chi connectivity index (χ1v) is 13.9. The molecule has 2 atom stereocenters. The Hall–Kier alpha value is -3.55. The van der Waals surface area contributed by atoms with E-state index in [0.717, 1.165) is 34.1 Å². The number of aliphatic hydroxyl groups is 1. The van der Waals surface area contributed by atoms with Crippen LogP contribution >= 0.6 is 0 Å². The van der Waals surface area contributed by atoms with Crippen molar-refractivity contribution >= 4 is 27.7 Å². The molecule has 0 aliphatic carbocycles. The van der Waals surface area contributed by atoms with E-state index in [1.165, 1.54) is 4.90 Å². The first kappa shape index (κ1) is 30.0. The van der Waals surface area contributed by atoms with Crippen LogP contribution in [0.3, 0.4) is 0 Å². The lowest BCUT2D eigenvalue weighted by Gasteiger charge is -2.32. The molecule has 0 bridgehead atoms. The van der Waals surface area contributed by atoms with Crippen molar-refractivity contribution in [3.63, 3.8) is 0 Å². The number of amides is 2. The van der Waals surface area contributed by atoms with Gasteiger partial charge in [-0.25, -0.2) is 13.2 Å². The van der Waals surface area contributed by atoms with Crippen molar-refractivity contribution in [1.82, 2.24) is 14.5 Å². The molecule has 13 heteroatoms. The highest BCUT2D eigenvalue weighted by Crippen LogP contribution is 2.22. The summed E-state index contributed by atoms with van der Waals surface area (Å²) in [5.41, 5.74) is -0.287. The number of non-ortho nitro benzene ring substituents is 1. The maximum atomic E-state index is 13.6. The Morgan fingerprint density at radius 2 is 1.82 bits per heavy atom. The van der Waals surface area contributed by atoms with Crippen molar-refractivity contribution in [2.24, 2.45) is 0 Å². The SMILES string of the molecule is CC(C)(C)OC(=O)N[C@@H](Cc1ccccc1)[C@H](O)CN(CN1CCCC1=O)S(=O)(=O)c1ccc([N+](=O)[O-])cc1. The molecule has 2 N–H and O–H groups in total. The van der Waals surface area contributed by atoms with Crippen molar-refractivity contribution in [2.75, 3.05) is 19.8 Å². The number of nitrogens with one attached hydrogen (secondary N) is 1. The van der Waals surface area contributed by atoms with Gasteiger partial charge in [0.05, 0.1) is 28.6 Å². The van der Waals surface area contributed by atoms with E-state index in [4.69, 9.17) is 4.74 Å². The van der Waals surface area contributed by atoms with E-state index >= 15 is 0 Å². The molecule has 212 valence electrons. The average Bonchev–Trinajstić information content (AvgIpc) is 3.26. The summed E-state index contributed by atoms with van der Waals surface area (Å²) >= 11 is 0. The fourth-order valence-electron chi connectivity index (χ4n) is 4.11.